The van der Waals surface area contributed by atoms with E-state index in [9.17, 15) is 5.11 Å². The van der Waals surface area contributed by atoms with E-state index in [1.165, 1.54) is 16.8 Å². The fraction of sp³-hybridized carbons (Fsp3) is 0.368. The smallest absolute Gasteiger partial charge is 0.0969 e. The van der Waals surface area contributed by atoms with Gasteiger partial charge in [-0.3, -0.25) is 0 Å². The van der Waals surface area contributed by atoms with E-state index in [1.54, 1.807) is 0 Å². The van der Waals surface area contributed by atoms with Gasteiger partial charge in [-0.1, -0.05) is 35.9 Å². The van der Waals surface area contributed by atoms with Crippen molar-refractivity contribution in [3.05, 3.63) is 64.2 Å². The van der Waals surface area contributed by atoms with Crippen molar-refractivity contribution in [1.82, 2.24) is 0 Å². The van der Waals surface area contributed by atoms with Gasteiger partial charge < -0.3 is 10.0 Å². The first-order valence-corrected chi connectivity index (χ1v) is 7.42. The Bertz CT molecular complexity index is 610. The molecule has 2 heteroatoms. The van der Waals surface area contributed by atoms with Crippen molar-refractivity contribution in [3.63, 3.8) is 0 Å². The Morgan fingerprint density at radius 1 is 0.952 bits per heavy atom. The predicted octanol–water partition coefficient (Wildman–Crippen LogP) is 4.09. The SMILES string of the molecule is Cc1cc(C)c(C(O)CN(C)c2ccccc2C)c(C)c1. The molecule has 0 bridgehead atoms. The minimum Gasteiger partial charge on any atom is -0.387 e. The lowest BCUT2D eigenvalue weighted by Gasteiger charge is -2.26. The van der Waals surface area contributed by atoms with Gasteiger partial charge >= 0.3 is 0 Å². The second kappa shape index (κ2) is 6.31. The topological polar surface area (TPSA) is 23.5 Å². The van der Waals surface area contributed by atoms with Crippen molar-refractivity contribution in [3.8, 4) is 0 Å². The molecule has 112 valence electrons. The fourth-order valence-electron chi connectivity index (χ4n) is 3.16. The van der Waals surface area contributed by atoms with Gasteiger partial charge in [0.15, 0.2) is 0 Å². The summed E-state index contributed by atoms with van der Waals surface area (Å²) >= 11 is 0. The summed E-state index contributed by atoms with van der Waals surface area (Å²) in [6, 6.07) is 12.5. The molecule has 2 rings (SSSR count). The molecule has 0 heterocycles. The van der Waals surface area contributed by atoms with E-state index in [-0.39, 0.29) is 0 Å². The van der Waals surface area contributed by atoms with Crippen LogP contribution in [-0.2, 0) is 0 Å². The quantitative estimate of drug-likeness (QED) is 0.913. The molecular formula is C19H25NO. The molecular weight excluding hydrogens is 258 g/mol. The summed E-state index contributed by atoms with van der Waals surface area (Å²) in [7, 11) is 2.03. The average molecular weight is 283 g/mol. The Kier molecular flexibility index (Phi) is 4.69. The number of aliphatic hydroxyl groups is 1. The van der Waals surface area contributed by atoms with Crippen LogP contribution >= 0.6 is 0 Å². The standard InChI is InChI=1S/C19H25NO/c1-13-10-15(3)19(16(4)11-13)18(21)12-20(5)17-9-7-6-8-14(17)2/h6-11,18,21H,12H2,1-5H3. The highest BCUT2D eigenvalue weighted by molar-refractivity contribution is 5.52. The van der Waals surface area contributed by atoms with Crippen molar-refractivity contribution in [2.24, 2.45) is 0 Å². The zero-order valence-corrected chi connectivity index (χ0v) is 13.6. The van der Waals surface area contributed by atoms with Gasteiger partial charge in [0.05, 0.1) is 6.10 Å². The Morgan fingerprint density at radius 2 is 1.52 bits per heavy atom. The molecule has 0 radical (unpaired) electrons. The van der Waals surface area contributed by atoms with Crippen molar-refractivity contribution >= 4 is 5.69 Å². The minimum atomic E-state index is -0.477. The van der Waals surface area contributed by atoms with Crippen molar-refractivity contribution in [2.75, 3.05) is 18.5 Å². The monoisotopic (exact) mass is 283 g/mol. The van der Waals surface area contributed by atoms with Gasteiger partial charge in [0, 0.05) is 19.3 Å². The van der Waals surface area contributed by atoms with Gasteiger partial charge in [-0.15, -0.1) is 0 Å². The van der Waals surface area contributed by atoms with E-state index >= 15 is 0 Å². The maximum Gasteiger partial charge on any atom is 0.0969 e. The second-order valence-electron chi connectivity index (χ2n) is 6.00. The Hall–Kier alpha value is -1.80. The van der Waals surface area contributed by atoms with Crippen molar-refractivity contribution in [1.29, 1.82) is 0 Å². The van der Waals surface area contributed by atoms with Crippen LogP contribution in [0.15, 0.2) is 36.4 Å². The molecule has 0 saturated heterocycles. The maximum atomic E-state index is 10.7. The number of aliphatic hydroxyl groups excluding tert-OH is 1. The highest BCUT2D eigenvalue weighted by atomic mass is 16.3. The lowest BCUT2D eigenvalue weighted by atomic mass is 9.95. The molecule has 0 aliphatic rings. The third kappa shape index (κ3) is 3.45. The largest absolute Gasteiger partial charge is 0.387 e. The molecule has 1 N–H and O–H groups in total. The first-order chi connectivity index (χ1) is 9.90. The van der Waals surface area contributed by atoms with Gasteiger partial charge in [-0.2, -0.15) is 0 Å². The number of rotatable bonds is 4. The van der Waals surface area contributed by atoms with E-state index in [4.69, 9.17) is 0 Å². The minimum absolute atomic E-state index is 0.477. The van der Waals surface area contributed by atoms with Gasteiger partial charge in [0.2, 0.25) is 0 Å². The van der Waals surface area contributed by atoms with E-state index in [0.29, 0.717) is 6.54 Å². The average Bonchev–Trinajstić information content (AvgIpc) is 2.37. The molecule has 2 aromatic rings. The molecule has 0 fully saturated rings. The Labute approximate surface area is 128 Å². The van der Waals surface area contributed by atoms with Crippen LogP contribution in [0.25, 0.3) is 0 Å². The van der Waals surface area contributed by atoms with Crippen LogP contribution in [0, 0.1) is 27.7 Å². The number of para-hydroxylation sites is 1. The molecule has 1 unspecified atom stereocenters. The summed E-state index contributed by atoms with van der Waals surface area (Å²) in [5.74, 6) is 0. The zero-order chi connectivity index (χ0) is 15.6. The number of nitrogens with zero attached hydrogens (tertiary/aromatic N) is 1. The third-order valence-corrected chi connectivity index (χ3v) is 4.04. The summed E-state index contributed by atoms with van der Waals surface area (Å²) in [6.45, 7) is 8.93. The summed E-state index contributed by atoms with van der Waals surface area (Å²) < 4.78 is 0. The van der Waals surface area contributed by atoms with E-state index in [1.807, 2.05) is 19.2 Å². The summed E-state index contributed by atoms with van der Waals surface area (Å²) in [5.41, 5.74) is 7.02. The molecule has 2 nitrogen and oxygen atoms in total. The van der Waals surface area contributed by atoms with E-state index in [2.05, 4.69) is 56.9 Å². The van der Waals surface area contributed by atoms with Crippen LogP contribution in [0.2, 0.25) is 0 Å². The van der Waals surface area contributed by atoms with Crippen LogP contribution in [0.1, 0.15) is 33.9 Å². The number of hydrogen-bond donors (Lipinski definition) is 1. The highest BCUT2D eigenvalue weighted by Gasteiger charge is 2.16. The number of aryl methyl sites for hydroxylation is 4. The fourth-order valence-corrected chi connectivity index (χ4v) is 3.16. The number of benzene rings is 2. The first-order valence-electron chi connectivity index (χ1n) is 7.42. The molecule has 0 aliphatic carbocycles. The second-order valence-corrected chi connectivity index (χ2v) is 6.00. The van der Waals surface area contributed by atoms with Crippen LogP contribution in [0.5, 0.6) is 0 Å². The normalized spacial score (nSPS) is 12.3. The molecule has 21 heavy (non-hydrogen) atoms. The molecule has 0 saturated carbocycles. The molecule has 0 aromatic heterocycles. The molecule has 0 amide bonds. The molecule has 1 atom stereocenters. The summed E-state index contributed by atoms with van der Waals surface area (Å²) in [4.78, 5) is 2.12. The van der Waals surface area contributed by atoms with Crippen LogP contribution in [0.3, 0.4) is 0 Å². The predicted molar refractivity (Wildman–Crippen MR) is 90.1 cm³/mol. The van der Waals surface area contributed by atoms with E-state index in [0.717, 1.165) is 16.7 Å². The maximum absolute atomic E-state index is 10.7. The van der Waals surface area contributed by atoms with Crippen LogP contribution in [0.4, 0.5) is 5.69 Å². The lowest BCUT2D eigenvalue weighted by Crippen LogP contribution is -2.25. The van der Waals surface area contributed by atoms with Crippen molar-refractivity contribution < 1.29 is 5.11 Å². The molecule has 0 aliphatic heterocycles. The van der Waals surface area contributed by atoms with Gasteiger partial charge in [0.25, 0.3) is 0 Å². The molecule has 2 aromatic carbocycles. The molecule has 0 spiro atoms. The number of likely N-dealkylation sites (N-methyl/N-ethyl adjacent to an activating group) is 1. The highest BCUT2D eigenvalue weighted by Crippen LogP contribution is 2.26. The van der Waals surface area contributed by atoms with Gasteiger partial charge in [-0.25, -0.2) is 0 Å². The third-order valence-electron chi connectivity index (χ3n) is 4.04. The number of anilines is 1. The van der Waals surface area contributed by atoms with E-state index < -0.39 is 6.10 Å². The van der Waals surface area contributed by atoms with Gasteiger partial charge in [0.1, 0.15) is 0 Å². The first kappa shape index (κ1) is 15.6. The Morgan fingerprint density at radius 3 is 2.10 bits per heavy atom. The summed E-state index contributed by atoms with van der Waals surface area (Å²) in [6.07, 6.45) is -0.477. The Balaban J connectivity index is 2.22. The lowest BCUT2D eigenvalue weighted by molar-refractivity contribution is 0.183. The van der Waals surface area contributed by atoms with Crippen molar-refractivity contribution in [2.45, 2.75) is 33.8 Å². The zero-order valence-electron chi connectivity index (χ0n) is 13.6. The van der Waals surface area contributed by atoms with Crippen LogP contribution < -0.4 is 4.90 Å². The van der Waals surface area contributed by atoms with Crippen LogP contribution in [-0.4, -0.2) is 18.7 Å². The number of hydrogen-bond acceptors (Lipinski definition) is 2. The van der Waals surface area contributed by atoms with Gasteiger partial charge in [-0.05, 0) is 56.0 Å². The summed E-state index contributed by atoms with van der Waals surface area (Å²) in [5, 5.41) is 10.7.